The summed E-state index contributed by atoms with van der Waals surface area (Å²) < 4.78 is 26.5. The number of benzene rings is 1. The third-order valence-electron chi connectivity index (χ3n) is 2.83. The van der Waals surface area contributed by atoms with Gasteiger partial charge in [-0.25, -0.2) is 14.3 Å². The van der Waals surface area contributed by atoms with Gasteiger partial charge in [0.1, 0.15) is 0 Å². The molecule has 0 aliphatic carbocycles. The summed E-state index contributed by atoms with van der Waals surface area (Å²) in [6.45, 7) is 0.675. The van der Waals surface area contributed by atoms with Crippen LogP contribution in [-0.4, -0.2) is 38.1 Å². The average Bonchev–Trinajstić information content (AvgIpc) is 2.46. The van der Waals surface area contributed by atoms with Crippen molar-refractivity contribution in [3.05, 3.63) is 29.3 Å². The number of hydroxylamine groups is 1. The smallest absolute Gasteiger partial charge is 0.307 e. The molecule has 5 N–H and O–H groups in total. The van der Waals surface area contributed by atoms with E-state index in [0.29, 0.717) is 18.5 Å². The van der Waals surface area contributed by atoms with E-state index in [9.17, 15) is 13.6 Å². The molecule has 0 spiro atoms. The van der Waals surface area contributed by atoms with E-state index in [2.05, 4.69) is 15.6 Å². The molecule has 1 amide bonds. The van der Waals surface area contributed by atoms with Crippen molar-refractivity contribution in [2.24, 2.45) is 5.73 Å². The van der Waals surface area contributed by atoms with Crippen LogP contribution >= 0.6 is 0 Å². The van der Waals surface area contributed by atoms with Crippen LogP contribution in [0.3, 0.4) is 0 Å². The Hall–Kier alpha value is -1.55. The number of hydrogen-bond acceptors (Lipinski definition) is 5. The highest BCUT2D eigenvalue weighted by atomic mass is 19.2. The minimum Gasteiger partial charge on any atom is -0.449 e. The number of amides is 1. The van der Waals surface area contributed by atoms with Crippen molar-refractivity contribution in [1.29, 1.82) is 0 Å². The molecular formula is C12H18BF2N3O3. The molecule has 9 heteroatoms. The fraction of sp³-hybridized carbons (Fsp3) is 0.417. The van der Waals surface area contributed by atoms with Crippen LogP contribution in [0.4, 0.5) is 8.78 Å². The average molecular weight is 301 g/mol. The van der Waals surface area contributed by atoms with E-state index in [1.165, 1.54) is 13.2 Å². The summed E-state index contributed by atoms with van der Waals surface area (Å²) in [5.74, 6) is -2.48. The summed E-state index contributed by atoms with van der Waals surface area (Å²) >= 11 is 0. The molecule has 0 fully saturated rings. The van der Waals surface area contributed by atoms with Crippen molar-refractivity contribution in [1.82, 2.24) is 10.8 Å². The molecule has 0 radical (unpaired) electrons. The lowest BCUT2D eigenvalue weighted by atomic mass is 9.86. The van der Waals surface area contributed by atoms with Gasteiger partial charge >= 0.3 is 7.48 Å². The molecule has 0 bridgehead atoms. The van der Waals surface area contributed by atoms with E-state index >= 15 is 0 Å². The van der Waals surface area contributed by atoms with Gasteiger partial charge < -0.3 is 16.1 Å². The predicted octanol–water partition coefficient (Wildman–Crippen LogP) is -1.58. The van der Waals surface area contributed by atoms with E-state index in [1.54, 1.807) is 0 Å². The molecule has 21 heavy (non-hydrogen) atoms. The first-order valence-corrected chi connectivity index (χ1v) is 6.36. The van der Waals surface area contributed by atoms with E-state index < -0.39 is 31.1 Å². The van der Waals surface area contributed by atoms with Gasteiger partial charge in [-0.2, -0.15) is 0 Å². The van der Waals surface area contributed by atoms with E-state index in [1.807, 2.05) is 0 Å². The maximum Gasteiger partial charge on any atom is 0.307 e. The Morgan fingerprint density at radius 2 is 2.24 bits per heavy atom. The summed E-state index contributed by atoms with van der Waals surface area (Å²) in [7, 11) is 0.739. The standard InChI is InChI=1S/C12H18BF2N3O3/c1-21-18-12(19)10(16)2-3-17-6-7-4-8(13-20)11(15)9(14)5-7/h4-5,10,13,17,20H,2-3,6,16H2,1H3,(H,18,19)/t10-/m0/s1. The van der Waals surface area contributed by atoms with E-state index in [0.717, 1.165) is 6.07 Å². The van der Waals surface area contributed by atoms with Gasteiger partial charge in [-0.05, 0) is 30.1 Å². The van der Waals surface area contributed by atoms with Crippen LogP contribution in [-0.2, 0) is 16.2 Å². The number of hydrogen-bond donors (Lipinski definition) is 4. The minimum absolute atomic E-state index is 0.0945. The van der Waals surface area contributed by atoms with Crippen molar-refractivity contribution < 1.29 is 23.4 Å². The van der Waals surface area contributed by atoms with Gasteiger partial charge in [-0.15, -0.1) is 0 Å². The van der Waals surface area contributed by atoms with Crippen molar-refractivity contribution in [3.63, 3.8) is 0 Å². The molecule has 0 aliphatic heterocycles. The molecular weight excluding hydrogens is 283 g/mol. The Kier molecular flexibility index (Phi) is 7.23. The highest BCUT2D eigenvalue weighted by Crippen LogP contribution is 2.06. The number of carbonyl (C=O) groups excluding carboxylic acids is 1. The largest absolute Gasteiger partial charge is 0.449 e. The second-order valence-corrected chi connectivity index (χ2v) is 4.45. The molecule has 0 aromatic heterocycles. The monoisotopic (exact) mass is 301 g/mol. The lowest BCUT2D eigenvalue weighted by molar-refractivity contribution is -0.132. The van der Waals surface area contributed by atoms with Crippen molar-refractivity contribution in [2.75, 3.05) is 13.7 Å². The maximum atomic E-state index is 13.3. The van der Waals surface area contributed by atoms with Crippen molar-refractivity contribution >= 4 is 18.9 Å². The summed E-state index contributed by atoms with van der Waals surface area (Å²) in [5.41, 5.74) is 8.12. The van der Waals surface area contributed by atoms with Crippen LogP contribution < -0.4 is 22.0 Å². The van der Waals surface area contributed by atoms with Gasteiger partial charge in [0, 0.05) is 6.54 Å². The zero-order chi connectivity index (χ0) is 15.8. The molecule has 1 atom stereocenters. The fourth-order valence-electron chi connectivity index (χ4n) is 1.72. The molecule has 1 aromatic rings. The first-order chi connectivity index (χ1) is 9.99. The fourth-order valence-corrected chi connectivity index (χ4v) is 1.72. The molecule has 6 nitrogen and oxygen atoms in total. The van der Waals surface area contributed by atoms with Crippen LogP contribution in [0.15, 0.2) is 12.1 Å². The van der Waals surface area contributed by atoms with Gasteiger partial charge in [-0.1, -0.05) is 6.07 Å². The lowest BCUT2D eigenvalue weighted by Gasteiger charge is -2.12. The molecule has 0 heterocycles. The van der Waals surface area contributed by atoms with Crippen LogP contribution in [0.25, 0.3) is 0 Å². The zero-order valence-corrected chi connectivity index (χ0v) is 11.7. The van der Waals surface area contributed by atoms with Crippen LogP contribution in [0, 0.1) is 11.6 Å². The first-order valence-electron chi connectivity index (χ1n) is 6.36. The topological polar surface area (TPSA) is 96.6 Å². The molecule has 0 aliphatic rings. The summed E-state index contributed by atoms with van der Waals surface area (Å²) in [4.78, 5) is 15.7. The number of rotatable bonds is 8. The Balaban J connectivity index is 2.43. The normalized spacial score (nSPS) is 12.0. The zero-order valence-electron chi connectivity index (χ0n) is 11.7. The second-order valence-electron chi connectivity index (χ2n) is 4.45. The maximum absolute atomic E-state index is 13.3. The highest BCUT2D eigenvalue weighted by molar-refractivity contribution is 6.45. The predicted molar refractivity (Wildman–Crippen MR) is 74.8 cm³/mol. The molecule has 0 unspecified atom stereocenters. The number of halogens is 2. The molecule has 1 aromatic carbocycles. The number of nitrogens with two attached hydrogens (primary N) is 1. The summed E-state index contributed by atoms with van der Waals surface area (Å²) in [6, 6.07) is 1.71. The summed E-state index contributed by atoms with van der Waals surface area (Å²) in [5, 5.41) is 11.9. The Labute approximate surface area is 121 Å². The quantitative estimate of drug-likeness (QED) is 0.264. The van der Waals surface area contributed by atoms with Crippen molar-refractivity contribution in [3.8, 4) is 0 Å². The lowest BCUT2D eigenvalue weighted by Crippen LogP contribution is -2.41. The molecule has 0 saturated carbocycles. The van der Waals surface area contributed by atoms with Gasteiger partial charge in [0.05, 0.1) is 13.2 Å². The van der Waals surface area contributed by atoms with Gasteiger partial charge in [0.15, 0.2) is 11.6 Å². The van der Waals surface area contributed by atoms with Crippen LogP contribution in [0.2, 0.25) is 0 Å². The van der Waals surface area contributed by atoms with Gasteiger partial charge in [0.25, 0.3) is 5.91 Å². The third kappa shape index (κ3) is 5.39. The minimum atomic E-state index is -1.04. The Bertz CT molecular complexity index is 491. The second kappa shape index (κ2) is 8.68. The number of carbonyl (C=O) groups is 1. The van der Waals surface area contributed by atoms with Crippen molar-refractivity contribution in [2.45, 2.75) is 19.0 Å². The highest BCUT2D eigenvalue weighted by Gasteiger charge is 2.13. The van der Waals surface area contributed by atoms with Crippen LogP contribution in [0.1, 0.15) is 12.0 Å². The SMILES string of the molecule is CONC(=O)[C@@H](N)CCNCc1cc(F)c(F)c(BO)c1. The first kappa shape index (κ1) is 17.5. The summed E-state index contributed by atoms with van der Waals surface area (Å²) in [6.07, 6.45) is 0.353. The number of nitrogens with one attached hydrogen (secondary N) is 2. The van der Waals surface area contributed by atoms with E-state index in [-0.39, 0.29) is 12.0 Å². The van der Waals surface area contributed by atoms with Gasteiger partial charge in [-0.3, -0.25) is 9.63 Å². The molecule has 0 saturated heterocycles. The Morgan fingerprint density at radius 3 is 2.86 bits per heavy atom. The Morgan fingerprint density at radius 1 is 1.52 bits per heavy atom. The molecule has 116 valence electrons. The third-order valence-corrected chi connectivity index (χ3v) is 2.83. The van der Waals surface area contributed by atoms with E-state index in [4.69, 9.17) is 10.8 Å². The van der Waals surface area contributed by atoms with Gasteiger partial charge in [0.2, 0.25) is 0 Å². The molecule has 1 rings (SSSR count). The van der Waals surface area contributed by atoms with Crippen LogP contribution in [0.5, 0.6) is 0 Å².